The molecule has 0 spiro atoms. The number of nitrogens with two attached hydrogens (primary N) is 2. The molecular formula is C29H46N6O5. The van der Waals surface area contributed by atoms with Crippen LogP contribution in [0.3, 0.4) is 0 Å². The summed E-state index contributed by atoms with van der Waals surface area (Å²) in [5.41, 5.74) is 13.3. The van der Waals surface area contributed by atoms with Crippen LogP contribution in [0, 0.1) is 11.8 Å². The second-order valence-electron chi connectivity index (χ2n) is 10.9. The van der Waals surface area contributed by atoms with Crippen LogP contribution in [0.1, 0.15) is 65.4 Å². The summed E-state index contributed by atoms with van der Waals surface area (Å²) in [5.74, 6) is -2.85. The Balaban J connectivity index is 2.29. The molecule has 0 bridgehead atoms. The highest BCUT2D eigenvalue weighted by Gasteiger charge is 2.33. The maximum absolute atomic E-state index is 13.7. The molecule has 0 saturated heterocycles. The van der Waals surface area contributed by atoms with Crippen LogP contribution in [0.15, 0.2) is 30.5 Å². The number of hydrogen-bond acceptors (Lipinski definition) is 6. The van der Waals surface area contributed by atoms with Gasteiger partial charge in [0.25, 0.3) is 0 Å². The van der Waals surface area contributed by atoms with Crippen LogP contribution in [-0.2, 0) is 25.6 Å². The van der Waals surface area contributed by atoms with E-state index in [0.29, 0.717) is 32.2 Å². The van der Waals surface area contributed by atoms with E-state index in [0.717, 1.165) is 16.5 Å². The number of para-hydroxylation sites is 1. The Morgan fingerprint density at radius 2 is 1.62 bits per heavy atom. The number of carboxylic acids is 1. The molecule has 0 fully saturated rings. The van der Waals surface area contributed by atoms with Gasteiger partial charge in [-0.1, -0.05) is 52.3 Å². The molecule has 0 saturated carbocycles. The first-order chi connectivity index (χ1) is 19.0. The van der Waals surface area contributed by atoms with Crippen LogP contribution in [0.4, 0.5) is 0 Å². The fourth-order valence-electron chi connectivity index (χ4n) is 4.59. The Morgan fingerprint density at radius 1 is 0.950 bits per heavy atom. The van der Waals surface area contributed by atoms with Gasteiger partial charge in [0.2, 0.25) is 17.7 Å². The molecule has 9 N–H and O–H groups in total. The van der Waals surface area contributed by atoms with Gasteiger partial charge < -0.3 is 37.5 Å². The molecule has 3 amide bonds. The minimum atomic E-state index is -1.15. The first-order valence-corrected chi connectivity index (χ1v) is 14.1. The molecule has 2 aromatic rings. The lowest BCUT2D eigenvalue weighted by molar-refractivity contribution is -0.143. The number of aliphatic carboxylic acids is 1. The number of aromatic nitrogens is 1. The van der Waals surface area contributed by atoms with E-state index in [2.05, 4.69) is 20.9 Å². The molecule has 0 aliphatic heterocycles. The average Bonchev–Trinajstić information content (AvgIpc) is 3.32. The number of benzene rings is 1. The van der Waals surface area contributed by atoms with Gasteiger partial charge in [0.15, 0.2) is 0 Å². The molecule has 0 aliphatic rings. The summed E-state index contributed by atoms with van der Waals surface area (Å²) >= 11 is 0. The third kappa shape index (κ3) is 9.63. The third-order valence-corrected chi connectivity index (χ3v) is 7.15. The lowest BCUT2D eigenvalue weighted by Crippen LogP contribution is -2.59. The molecule has 0 aliphatic carbocycles. The monoisotopic (exact) mass is 558 g/mol. The number of carbonyl (C=O) groups excluding carboxylic acids is 3. The van der Waals surface area contributed by atoms with Gasteiger partial charge >= 0.3 is 5.97 Å². The first kappa shape index (κ1) is 32.8. The van der Waals surface area contributed by atoms with Gasteiger partial charge in [-0.05, 0) is 55.7 Å². The lowest BCUT2D eigenvalue weighted by atomic mass is 9.96. The van der Waals surface area contributed by atoms with Crippen molar-refractivity contribution in [2.45, 2.75) is 90.4 Å². The number of amides is 3. The molecular weight excluding hydrogens is 512 g/mol. The number of carboxylic acid groups (broad SMARTS) is 1. The molecule has 1 aromatic heterocycles. The number of H-pyrrole nitrogens is 1. The minimum Gasteiger partial charge on any atom is -0.480 e. The molecule has 11 heteroatoms. The smallest absolute Gasteiger partial charge is 0.326 e. The summed E-state index contributed by atoms with van der Waals surface area (Å²) in [6.45, 7) is 8.03. The second-order valence-corrected chi connectivity index (χ2v) is 10.9. The predicted octanol–water partition coefficient (Wildman–Crippen LogP) is 1.80. The van der Waals surface area contributed by atoms with Gasteiger partial charge in [-0.15, -0.1) is 0 Å². The zero-order valence-electron chi connectivity index (χ0n) is 24.0. The van der Waals surface area contributed by atoms with Crippen molar-refractivity contribution in [3.05, 3.63) is 36.0 Å². The van der Waals surface area contributed by atoms with Gasteiger partial charge in [0, 0.05) is 23.5 Å². The summed E-state index contributed by atoms with van der Waals surface area (Å²) in [6, 6.07) is 3.73. The van der Waals surface area contributed by atoms with Gasteiger partial charge in [0.05, 0.1) is 6.04 Å². The van der Waals surface area contributed by atoms with Crippen LogP contribution in [0.25, 0.3) is 10.9 Å². The average molecular weight is 559 g/mol. The summed E-state index contributed by atoms with van der Waals surface area (Å²) in [5, 5.41) is 18.7. The molecule has 2 rings (SSSR count). The van der Waals surface area contributed by atoms with Crippen molar-refractivity contribution in [1.29, 1.82) is 0 Å². The topological polar surface area (TPSA) is 192 Å². The SMILES string of the molecule is CCC(C)C(NC(=O)C(Cc1c[nH]c2ccccc12)NC(=O)C(N)CC(C)C)C(=O)NC(CCCCN)C(=O)O. The Hall–Kier alpha value is -3.44. The van der Waals surface area contributed by atoms with E-state index in [1.165, 1.54) is 0 Å². The van der Waals surface area contributed by atoms with Crippen molar-refractivity contribution < 1.29 is 24.3 Å². The standard InChI is InChI=1S/C29H46N6O5/c1-5-18(4)25(28(38)33-23(29(39)40)12-8-9-13-30)35-27(37)24(34-26(36)21(31)14-17(2)3)15-19-16-32-22-11-7-6-10-20(19)22/h6-7,10-11,16-18,21,23-25,32H,5,8-9,12-15,30-31H2,1-4H3,(H,33,38)(H,34,36)(H,35,37)(H,39,40). The van der Waals surface area contributed by atoms with Gasteiger partial charge in [-0.3, -0.25) is 14.4 Å². The molecule has 0 radical (unpaired) electrons. The number of unbranched alkanes of at least 4 members (excludes halogenated alkanes) is 1. The van der Waals surface area contributed by atoms with Crippen molar-refractivity contribution in [1.82, 2.24) is 20.9 Å². The van der Waals surface area contributed by atoms with Gasteiger partial charge in [0.1, 0.15) is 18.1 Å². The third-order valence-electron chi connectivity index (χ3n) is 7.15. The van der Waals surface area contributed by atoms with Crippen LogP contribution < -0.4 is 27.4 Å². The van der Waals surface area contributed by atoms with Crippen molar-refractivity contribution >= 4 is 34.6 Å². The molecule has 5 atom stereocenters. The Bertz CT molecular complexity index is 1130. The molecule has 40 heavy (non-hydrogen) atoms. The molecule has 222 valence electrons. The summed E-state index contributed by atoms with van der Waals surface area (Å²) in [4.78, 5) is 54.8. The van der Waals surface area contributed by atoms with Crippen molar-refractivity contribution in [2.24, 2.45) is 23.3 Å². The fraction of sp³-hybridized carbons (Fsp3) is 0.586. The summed E-state index contributed by atoms with van der Waals surface area (Å²) in [7, 11) is 0. The largest absolute Gasteiger partial charge is 0.480 e. The number of hydrogen-bond donors (Lipinski definition) is 7. The van der Waals surface area contributed by atoms with Crippen LogP contribution in [-0.4, -0.2) is 64.5 Å². The minimum absolute atomic E-state index is 0.168. The maximum Gasteiger partial charge on any atom is 0.326 e. The highest BCUT2D eigenvalue weighted by molar-refractivity contribution is 5.95. The van der Waals surface area contributed by atoms with Crippen molar-refractivity contribution in [2.75, 3.05) is 6.54 Å². The number of rotatable bonds is 17. The summed E-state index contributed by atoms with van der Waals surface area (Å²) in [6.07, 6.45) is 4.38. The number of carbonyl (C=O) groups is 4. The van der Waals surface area contributed by atoms with Crippen molar-refractivity contribution in [3.63, 3.8) is 0 Å². The lowest BCUT2D eigenvalue weighted by Gasteiger charge is -2.28. The van der Waals surface area contributed by atoms with Gasteiger partial charge in [-0.25, -0.2) is 4.79 Å². The van der Waals surface area contributed by atoms with E-state index in [9.17, 15) is 24.3 Å². The zero-order chi connectivity index (χ0) is 29.8. The Labute approximate surface area is 236 Å². The highest BCUT2D eigenvalue weighted by Crippen LogP contribution is 2.20. The van der Waals surface area contributed by atoms with E-state index in [1.54, 1.807) is 13.1 Å². The van der Waals surface area contributed by atoms with Gasteiger partial charge in [-0.2, -0.15) is 0 Å². The van der Waals surface area contributed by atoms with Crippen molar-refractivity contribution in [3.8, 4) is 0 Å². The number of aromatic amines is 1. The number of nitrogens with one attached hydrogen (secondary N) is 4. The Morgan fingerprint density at radius 3 is 2.25 bits per heavy atom. The number of fused-ring (bicyclic) bond motifs is 1. The highest BCUT2D eigenvalue weighted by atomic mass is 16.4. The normalized spacial score (nSPS) is 15.2. The van der Waals surface area contributed by atoms with Crippen LogP contribution in [0.2, 0.25) is 0 Å². The summed E-state index contributed by atoms with van der Waals surface area (Å²) < 4.78 is 0. The Kier molecular flexibility index (Phi) is 13.1. The molecule has 1 heterocycles. The van der Waals surface area contributed by atoms with E-state index in [4.69, 9.17) is 11.5 Å². The van der Waals surface area contributed by atoms with Crippen LogP contribution in [0.5, 0.6) is 0 Å². The quantitative estimate of drug-likeness (QED) is 0.144. The molecule has 1 aromatic carbocycles. The van der Waals surface area contributed by atoms with E-state index in [1.807, 2.05) is 45.0 Å². The second kappa shape index (κ2) is 16.0. The van der Waals surface area contributed by atoms with E-state index in [-0.39, 0.29) is 24.7 Å². The predicted molar refractivity (Wildman–Crippen MR) is 155 cm³/mol. The fourth-order valence-corrected chi connectivity index (χ4v) is 4.59. The molecule has 11 nitrogen and oxygen atoms in total. The first-order valence-electron chi connectivity index (χ1n) is 14.1. The zero-order valence-corrected chi connectivity index (χ0v) is 24.0. The van der Waals surface area contributed by atoms with E-state index >= 15 is 0 Å². The molecule has 5 unspecified atom stereocenters. The van der Waals surface area contributed by atoms with Crippen LogP contribution >= 0.6 is 0 Å². The maximum atomic E-state index is 13.7. The van der Waals surface area contributed by atoms with E-state index < -0.39 is 47.9 Å².